The molecule has 1 aromatic carbocycles. The van der Waals surface area contributed by atoms with Crippen LogP contribution in [0.5, 0.6) is 5.75 Å². The Morgan fingerprint density at radius 1 is 1.30 bits per heavy atom. The molecular weight excluding hydrogens is 316 g/mol. The molecule has 0 aliphatic heterocycles. The molecule has 0 saturated heterocycles. The number of aromatic nitrogens is 1. The fourth-order valence-electron chi connectivity index (χ4n) is 1.93. The van der Waals surface area contributed by atoms with Crippen LogP contribution in [0, 0.1) is 6.92 Å². The molecule has 1 aromatic heterocycles. The van der Waals surface area contributed by atoms with Crippen LogP contribution in [0.4, 0.5) is 0 Å². The van der Waals surface area contributed by atoms with Crippen molar-refractivity contribution >= 4 is 15.9 Å². The third-order valence-electron chi connectivity index (χ3n) is 3.24. The summed E-state index contributed by atoms with van der Waals surface area (Å²) in [6.07, 6.45) is 1.89. The summed E-state index contributed by atoms with van der Waals surface area (Å²) in [4.78, 5) is 4.40. The van der Waals surface area contributed by atoms with Gasteiger partial charge in [-0.15, -0.1) is 0 Å². The van der Waals surface area contributed by atoms with Gasteiger partial charge in [-0.25, -0.2) is 0 Å². The van der Waals surface area contributed by atoms with Crippen LogP contribution >= 0.6 is 15.9 Å². The van der Waals surface area contributed by atoms with Crippen LogP contribution in [0.1, 0.15) is 29.8 Å². The Kier molecular flexibility index (Phi) is 5.15. The third-order valence-corrected chi connectivity index (χ3v) is 3.86. The van der Waals surface area contributed by atoms with Gasteiger partial charge in [0, 0.05) is 18.8 Å². The molecule has 0 spiro atoms. The number of benzene rings is 1. The second kappa shape index (κ2) is 6.86. The zero-order chi connectivity index (χ0) is 14.5. The molecule has 0 radical (unpaired) electrons. The minimum Gasteiger partial charge on any atom is -0.496 e. The molecule has 106 valence electrons. The fraction of sp³-hybridized carbons (Fsp3) is 0.312. The quantitative estimate of drug-likeness (QED) is 0.896. The maximum Gasteiger partial charge on any atom is 0.133 e. The van der Waals surface area contributed by atoms with E-state index in [-0.39, 0.29) is 6.04 Å². The highest BCUT2D eigenvalue weighted by Crippen LogP contribution is 2.28. The number of methoxy groups -OCH3 is 1. The van der Waals surface area contributed by atoms with E-state index in [9.17, 15) is 0 Å². The number of hydrogen-bond donors (Lipinski definition) is 1. The predicted octanol–water partition coefficient (Wildman–Crippen LogP) is 4.01. The summed E-state index contributed by atoms with van der Waals surface area (Å²) in [5.74, 6) is 0.848. The standard InChI is InChI=1S/C16H19BrN2O/c1-11-4-6-14(19-9-11)10-18-12(2)13-5-7-16(20-3)15(17)8-13/h4-9,12,18H,10H2,1-3H3/t12-/m1/s1. The Morgan fingerprint density at radius 3 is 2.70 bits per heavy atom. The highest BCUT2D eigenvalue weighted by Gasteiger charge is 2.08. The van der Waals surface area contributed by atoms with Crippen molar-refractivity contribution in [1.29, 1.82) is 0 Å². The van der Waals surface area contributed by atoms with Crippen molar-refractivity contribution in [2.75, 3.05) is 7.11 Å². The fourth-order valence-corrected chi connectivity index (χ4v) is 2.49. The van der Waals surface area contributed by atoms with E-state index in [1.54, 1.807) is 7.11 Å². The molecule has 4 heteroatoms. The van der Waals surface area contributed by atoms with Crippen LogP contribution in [0.25, 0.3) is 0 Å². The van der Waals surface area contributed by atoms with E-state index in [0.29, 0.717) is 0 Å². The van der Waals surface area contributed by atoms with E-state index in [0.717, 1.165) is 22.5 Å². The third kappa shape index (κ3) is 3.81. The maximum absolute atomic E-state index is 5.24. The van der Waals surface area contributed by atoms with Crippen LogP contribution in [0.15, 0.2) is 41.0 Å². The molecule has 0 saturated carbocycles. The molecular formula is C16H19BrN2O. The first-order valence-electron chi connectivity index (χ1n) is 6.58. The lowest BCUT2D eigenvalue weighted by Gasteiger charge is -2.15. The van der Waals surface area contributed by atoms with Crippen molar-refractivity contribution in [3.63, 3.8) is 0 Å². The van der Waals surface area contributed by atoms with Gasteiger partial charge in [0.15, 0.2) is 0 Å². The zero-order valence-electron chi connectivity index (χ0n) is 12.0. The lowest BCUT2D eigenvalue weighted by atomic mass is 10.1. The van der Waals surface area contributed by atoms with Crippen LogP contribution in [-0.4, -0.2) is 12.1 Å². The van der Waals surface area contributed by atoms with Gasteiger partial charge in [-0.3, -0.25) is 4.98 Å². The summed E-state index contributed by atoms with van der Waals surface area (Å²) in [6, 6.07) is 10.5. The number of nitrogens with one attached hydrogen (secondary N) is 1. The Balaban J connectivity index is 1.99. The van der Waals surface area contributed by atoms with Crippen molar-refractivity contribution in [3.05, 3.63) is 57.8 Å². The van der Waals surface area contributed by atoms with Crippen molar-refractivity contribution < 1.29 is 4.74 Å². The molecule has 0 bridgehead atoms. The largest absolute Gasteiger partial charge is 0.496 e. The SMILES string of the molecule is COc1ccc([C@@H](C)NCc2ccc(C)cn2)cc1Br. The number of nitrogens with zero attached hydrogens (tertiary/aromatic N) is 1. The molecule has 0 aliphatic carbocycles. The van der Waals surface area contributed by atoms with Gasteiger partial charge in [0.2, 0.25) is 0 Å². The second-order valence-electron chi connectivity index (χ2n) is 4.82. The van der Waals surface area contributed by atoms with E-state index in [4.69, 9.17) is 4.74 Å². The molecule has 2 rings (SSSR count). The van der Waals surface area contributed by atoms with Gasteiger partial charge in [-0.2, -0.15) is 0 Å². The van der Waals surface area contributed by atoms with Crippen LogP contribution < -0.4 is 10.1 Å². The number of aryl methyl sites for hydroxylation is 1. The Morgan fingerprint density at radius 2 is 2.10 bits per heavy atom. The minimum atomic E-state index is 0.250. The first-order chi connectivity index (χ1) is 9.60. The van der Waals surface area contributed by atoms with E-state index in [1.807, 2.05) is 19.2 Å². The van der Waals surface area contributed by atoms with E-state index in [1.165, 1.54) is 11.1 Å². The molecule has 2 aromatic rings. The maximum atomic E-state index is 5.24. The highest BCUT2D eigenvalue weighted by atomic mass is 79.9. The lowest BCUT2D eigenvalue weighted by Crippen LogP contribution is -2.18. The molecule has 0 aliphatic rings. The van der Waals surface area contributed by atoms with E-state index in [2.05, 4.69) is 57.4 Å². The van der Waals surface area contributed by atoms with Gasteiger partial charge in [0.05, 0.1) is 17.3 Å². The first kappa shape index (κ1) is 15.0. The highest BCUT2D eigenvalue weighted by molar-refractivity contribution is 9.10. The molecule has 0 fully saturated rings. The first-order valence-corrected chi connectivity index (χ1v) is 7.38. The summed E-state index contributed by atoms with van der Waals surface area (Å²) in [5.41, 5.74) is 3.45. The van der Waals surface area contributed by atoms with Gasteiger partial charge in [0.25, 0.3) is 0 Å². The van der Waals surface area contributed by atoms with Crippen molar-refractivity contribution in [2.45, 2.75) is 26.4 Å². The lowest BCUT2D eigenvalue weighted by molar-refractivity contribution is 0.411. The van der Waals surface area contributed by atoms with Crippen LogP contribution in [-0.2, 0) is 6.54 Å². The van der Waals surface area contributed by atoms with Crippen LogP contribution in [0.2, 0.25) is 0 Å². The Bertz CT molecular complexity index is 569. The summed E-state index contributed by atoms with van der Waals surface area (Å²) >= 11 is 3.51. The zero-order valence-corrected chi connectivity index (χ0v) is 13.6. The van der Waals surface area contributed by atoms with E-state index >= 15 is 0 Å². The Labute approximate surface area is 128 Å². The van der Waals surface area contributed by atoms with Gasteiger partial charge < -0.3 is 10.1 Å². The number of ether oxygens (including phenoxy) is 1. The van der Waals surface area contributed by atoms with Crippen molar-refractivity contribution in [1.82, 2.24) is 10.3 Å². The second-order valence-corrected chi connectivity index (χ2v) is 5.68. The van der Waals surface area contributed by atoms with E-state index < -0.39 is 0 Å². The topological polar surface area (TPSA) is 34.1 Å². The Hall–Kier alpha value is -1.39. The predicted molar refractivity (Wildman–Crippen MR) is 84.9 cm³/mol. The average molecular weight is 335 g/mol. The number of hydrogen-bond acceptors (Lipinski definition) is 3. The van der Waals surface area contributed by atoms with Crippen molar-refractivity contribution in [3.8, 4) is 5.75 Å². The number of rotatable bonds is 5. The van der Waals surface area contributed by atoms with Gasteiger partial charge in [-0.05, 0) is 59.1 Å². The van der Waals surface area contributed by atoms with Crippen LogP contribution in [0.3, 0.4) is 0 Å². The summed E-state index contributed by atoms with van der Waals surface area (Å²) < 4.78 is 6.21. The molecule has 1 atom stereocenters. The van der Waals surface area contributed by atoms with Gasteiger partial charge >= 0.3 is 0 Å². The van der Waals surface area contributed by atoms with Crippen molar-refractivity contribution in [2.24, 2.45) is 0 Å². The number of pyridine rings is 1. The smallest absolute Gasteiger partial charge is 0.133 e. The normalized spacial score (nSPS) is 12.2. The summed E-state index contributed by atoms with van der Waals surface area (Å²) in [5, 5.41) is 3.48. The number of halogens is 1. The molecule has 1 N–H and O–H groups in total. The molecule has 0 amide bonds. The van der Waals surface area contributed by atoms with Gasteiger partial charge in [0.1, 0.15) is 5.75 Å². The molecule has 0 unspecified atom stereocenters. The monoisotopic (exact) mass is 334 g/mol. The summed E-state index contributed by atoms with van der Waals surface area (Å²) in [7, 11) is 1.67. The molecule has 1 heterocycles. The molecule has 3 nitrogen and oxygen atoms in total. The van der Waals surface area contributed by atoms with Gasteiger partial charge in [-0.1, -0.05) is 12.1 Å². The summed E-state index contributed by atoms with van der Waals surface area (Å²) in [6.45, 7) is 4.94. The molecule has 20 heavy (non-hydrogen) atoms. The average Bonchev–Trinajstić information content (AvgIpc) is 2.46. The minimum absolute atomic E-state index is 0.250.